The normalized spacial score (nSPS) is 19.2. The molecule has 0 aliphatic rings. The zero-order chi connectivity index (χ0) is 9.72. The second-order valence-corrected chi connectivity index (χ2v) is 2.50. The Bertz CT molecular complexity index is 104. The van der Waals surface area contributed by atoms with Crippen molar-refractivity contribution in [3.8, 4) is 0 Å². The van der Waals surface area contributed by atoms with E-state index in [0.29, 0.717) is 0 Å². The molecule has 0 aromatic heterocycles. The third-order valence-corrected chi connectivity index (χ3v) is 1.62. The molecule has 73 valence electrons. The van der Waals surface area contributed by atoms with Crippen LogP contribution in [0.1, 0.15) is 6.92 Å². The predicted octanol–water partition coefficient (Wildman–Crippen LogP) is -1.36. The van der Waals surface area contributed by atoms with Gasteiger partial charge in [0.05, 0.1) is 12.7 Å². The third kappa shape index (κ3) is 3.04. The predicted molar refractivity (Wildman–Crippen MR) is 40.7 cm³/mol. The number of hydrogen-bond acceptors (Lipinski definition) is 5. The van der Waals surface area contributed by atoms with Gasteiger partial charge < -0.3 is 25.2 Å². The molecule has 0 rings (SSSR count). The summed E-state index contributed by atoms with van der Waals surface area (Å²) in [5, 5.41) is 35.6. The van der Waals surface area contributed by atoms with Crippen molar-refractivity contribution >= 4 is 0 Å². The number of hydrogen-bond donors (Lipinski definition) is 4. The van der Waals surface area contributed by atoms with Crippen LogP contribution >= 0.6 is 0 Å². The fourth-order valence-electron chi connectivity index (χ4n) is 0.658. The summed E-state index contributed by atoms with van der Waals surface area (Å²) < 4.78 is 4.69. The molecule has 0 unspecified atom stereocenters. The minimum Gasteiger partial charge on any atom is -0.394 e. The maximum Gasteiger partial charge on any atom is 0.152 e. The number of rotatable bonds is 5. The summed E-state index contributed by atoms with van der Waals surface area (Å²) in [5.41, 5.74) is 0. The van der Waals surface area contributed by atoms with Crippen LogP contribution in [0.5, 0.6) is 0 Å². The van der Waals surface area contributed by atoms with Crippen LogP contribution in [-0.2, 0) is 4.74 Å². The summed E-state index contributed by atoms with van der Waals surface area (Å²) in [4.78, 5) is 0. The molecule has 0 heterocycles. The van der Waals surface area contributed by atoms with Crippen molar-refractivity contribution in [3.63, 3.8) is 0 Å². The summed E-state index contributed by atoms with van der Waals surface area (Å²) in [7, 11) is 1.36. The first kappa shape index (κ1) is 11.8. The van der Waals surface area contributed by atoms with Crippen molar-refractivity contribution in [2.45, 2.75) is 25.2 Å². The molecular formula is C7H15O5. The molecule has 3 atom stereocenters. The highest BCUT2D eigenvalue weighted by Crippen LogP contribution is 2.13. The first-order valence-corrected chi connectivity index (χ1v) is 3.60. The van der Waals surface area contributed by atoms with Crippen molar-refractivity contribution in [1.29, 1.82) is 0 Å². The number of aliphatic hydroxyl groups excluding tert-OH is 4. The van der Waals surface area contributed by atoms with Gasteiger partial charge in [0.15, 0.2) is 6.10 Å². The fourth-order valence-corrected chi connectivity index (χ4v) is 0.658. The van der Waals surface area contributed by atoms with Gasteiger partial charge in [-0.1, -0.05) is 0 Å². The van der Waals surface area contributed by atoms with Crippen molar-refractivity contribution in [1.82, 2.24) is 0 Å². The lowest BCUT2D eigenvalue weighted by molar-refractivity contribution is -0.0665. The molecule has 0 spiro atoms. The molecule has 1 radical (unpaired) electrons. The maximum atomic E-state index is 9.16. The van der Waals surface area contributed by atoms with Crippen molar-refractivity contribution in [2.75, 3.05) is 13.7 Å². The Labute approximate surface area is 71.2 Å². The van der Waals surface area contributed by atoms with E-state index in [2.05, 4.69) is 4.74 Å². The minimum absolute atomic E-state index is 0.390. The van der Waals surface area contributed by atoms with Gasteiger partial charge in [0.2, 0.25) is 0 Å². The summed E-state index contributed by atoms with van der Waals surface area (Å²) in [6.45, 7) is 0.907. The second-order valence-electron chi connectivity index (χ2n) is 2.50. The molecule has 12 heavy (non-hydrogen) atoms. The average molecular weight is 179 g/mol. The van der Waals surface area contributed by atoms with Crippen LogP contribution in [0, 0.1) is 6.10 Å². The van der Waals surface area contributed by atoms with Gasteiger partial charge in [0.25, 0.3) is 0 Å². The van der Waals surface area contributed by atoms with E-state index in [-0.39, 0.29) is 6.10 Å². The molecule has 0 bridgehead atoms. The molecule has 0 saturated heterocycles. The van der Waals surface area contributed by atoms with Crippen molar-refractivity contribution in [3.05, 3.63) is 6.10 Å². The van der Waals surface area contributed by atoms with E-state index in [0.717, 1.165) is 0 Å². The third-order valence-electron chi connectivity index (χ3n) is 1.62. The lowest BCUT2D eigenvalue weighted by Gasteiger charge is -2.24. The number of aliphatic hydroxyl groups is 4. The number of ether oxygens (including phenoxy) is 1. The summed E-state index contributed by atoms with van der Waals surface area (Å²) >= 11 is 0. The van der Waals surface area contributed by atoms with Crippen molar-refractivity contribution in [2.24, 2.45) is 0 Å². The first-order chi connectivity index (χ1) is 5.54. The van der Waals surface area contributed by atoms with E-state index in [9.17, 15) is 0 Å². The smallest absolute Gasteiger partial charge is 0.152 e. The minimum atomic E-state index is -1.47. The average Bonchev–Trinajstić information content (AvgIpc) is 2.12. The van der Waals surface area contributed by atoms with Crippen LogP contribution in [0.15, 0.2) is 0 Å². The molecule has 5 nitrogen and oxygen atoms in total. The second kappa shape index (κ2) is 5.45. The van der Waals surface area contributed by atoms with Gasteiger partial charge in [-0.05, 0) is 6.92 Å². The van der Waals surface area contributed by atoms with Crippen LogP contribution in [-0.4, -0.2) is 52.5 Å². The van der Waals surface area contributed by atoms with Crippen LogP contribution in [0.4, 0.5) is 0 Å². The van der Waals surface area contributed by atoms with Crippen LogP contribution in [0.2, 0.25) is 0 Å². The lowest BCUT2D eigenvalue weighted by atomic mass is 10.0. The molecule has 0 aliphatic carbocycles. The van der Waals surface area contributed by atoms with Crippen LogP contribution < -0.4 is 0 Å². The van der Waals surface area contributed by atoms with Gasteiger partial charge in [-0.15, -0.1) is 0 Å². The molecule has 0 aromatic carbocycles. The molecular weight excluding hydrogens is 164 g/mol. The standard InChI is InChI=1S/C7H15O5/c1-4(12-2)6(10)7(11)5(9)3-8/h4-5,7-11H,3H2,1-2H3/t4-,5+,7-/m0/s1. The Hall–Kier alpha value is -0.200. The Balaban J connectivity index is 3.99. The fraction of sp³-hybridized carbons (Fsp3) is 0.857. The highest BCUT2D eigenvalue weighted by Gasteiger charge is 2.29. The highest BCUT2D eigenvalue weighted by atomic mass is 16.5. The number of methoxy groups -OCH3 is 1. The van der Waals surface area contributed by atoms with Crippen molar-refractivity contribution < 1.29 is 25.2 Å². The van der Waals surface area contributed by atoms with Crippen LogP contribution in [0.3, 0.4) is 0 Å². The summed E-state index contributed by atoms with van der Waals surface area (Å²) in [5.74, 6) is 0. The zero-order valence-corrected chi connectivity index (χ0v) is 7.14. The van der Waals surface area contributed by atoms with Gasteiger partial charge in [-0.3, -0.25) is 0 Å². The summed E-state index contributed by atoms with van der Waals surface area (Å²) in [6, 6.07) is 0. The Kier molecular flexibility index (Phi) is 5.36. The molecule has 0 fully saturated rings. The summed E-state index contributed by atoms with van der Waals surface area (Å²) in [6.07, 6.45) is -3.90. The quantitative estimate of drug-likeness (QED) is 0.418. The monoisotopic (exact) mass is 179 g/mol. The van der Waals surface area contributed by atoms with E-state index in [1.54, 1.807) is 0 Å². The van der Waals surface area contributed by atoms with E-state index >= 15 is 0 Å². The first-order valence-electron chi connectivity index (χ1n) is 3.60. The lowest BCUT2D eigenvalue weighted by Crippen LogP contribution is -2.39. The zero-order valence-electron chi connectivity index (χ0n) is 7.14. The largest absolute Gasteiger partial charge is 0.394 e. The van der Waals surface area contributed by atoms with E-state index in [1.165, 1.54) is 14.0 Å². The topological polar surface area (TPSA) is 90.2 Å². The van der Waals surface area contributed by atoms with E-state index < -0.39 is 24.9 Å². The Morgan fingerprint density at radius 1 is 1.42 bits per heavy atom. The molecule has 4 N–H and O–H groups in total. The van der Waals surface area contributed by atoms with Gasteiger partial charge in [-0.2, -0.15) is 0 Å². The molecule has 0 saturated carbocycles. The van der Waals surface area contributed by atoms with Gasteiger partial charge in [0, 0.05) is 7.11 Å². The maximum absolute atomic E-state index is 9.16. The molecule has 0 aromatic rings. The molecule has 5 heteroatoms. The van der Waals surface area contributed by atoms with Gasteiger partial charge in [0.1, 0.15) is 12.2 Å². The van der Waals surface area contributed by atoms with Crippen LogP contribution in [0.25, 0.3) is 0 Å². The molecule has 0 aliphatic heterocycles. The van der Waals surface area contributed by atoms with E-state index in [1.807, 2.05) is 0 Å². The highest BCUT2D eigenvalue weighted by molar-refractivity contribution is 4.94. The van der Waals surface area contributed by atoms with Gasteiger partial charge in [-0.25, -0.2) is 0 Å². The van der Waals surface area contributed by atoms with E-state index in [4.69, 9.17) is 20.4 Å². The van der Waals surface area contributed by atoms with Gasteiger partial charge >= 0.3 is 0 Å². The Morgan fingerprint density at radius 3 is 2.25 bits per heavy atom. The SMILES string of the molecule is CO[C@@H](C)[C](O)[C@@H](O)[C@H](O)CO. The Morgan fingerprint density at radius 2 is 1.92 bits per heavy atom. The molecule has 0 amide bonds.